The van der Waals surface area contributed by atoms with Gasteiger partial charge in [0.15, 0.2) is 15.2 Å². The first-order valence-corrected chi connectivity index (χ1v) is 14.6. The Balaban J connectivity index is 1.16. The van der Waals surface area contributed by atoms with Gasteiger partial charge in [-0.15, -0.1) is 5.10 Å². The quantitative estimate of drug-likeness (QED) is 0.151. The van der Waals surface area contributed by atoms with E-state index in [4.69, 9.17) is 23.8 Å². The number of pyridine rings is 1. The minimum atomic E-state index is -0.453. The molecule has 4 aromatic rings. The van der Waals surface area contributed by atoms with Crippen molar-refractivity contribution >= 4 is 68.9 Å². The molecule has 1 aliphatic carbocycles. The Kier molecular flexibility index (Phi) is 7.39. The standard InChI is InChI=1S/C28H26ClFN6O2S2/c1-17(37)22-15-35(20-6-7-20)24-13-25(23(30)12-21(24)26(22)38)34-10-8-33(9-11-34)16-36-28(39)40-27(32-36)31-14-18-2-4-19(29)5-3-18/h2-5,12-15,20H,6-11,16H2,1H3/b31-14+. The highest BCUT2D eigenvalue weighted by atomic mass is 35.5. The molecule has 0 unspecified atom stereocenters. The van der Waals surface area contributed by atoms with E-state index in [1.165, 1.54) is 24.3 Å². The highest BCUT2D eigenvalue weighted by Gasteiger charge is 2.28. The minimum Gasteiger partial charge on any atom is -0.367 e. The number of carbonyl (C=O) groups excluding carboxylic acids is 1. The monoisotopic (exact) mass is 596 g/mol. The summed E-state index contributed by atoms with van der Waals surface area (Å²) in [6.45, 7) is 4.51. The van der Waals surface area contributed by atoms with Crippen LogP contribution in [0.5, 0.6) is 0 Å². The Morgan fingerprint density at radius 2 is 1.93 bits per heavy atom. The highest BCUT2D eigenvalue weighted by Crippen LogP contribution is 2.38. The van der Waals surface area contributed by atoms with Crippen LogP contribution in [0.4, 0.5) is 15.2 Å². The number of benzene rings is 2. The minimum absolute atomic E-state index is 0.111. The van der Waals surface area contributed by atoms with Crippen LogP contribution in [0.1, 0.15) is 41.7 Å². The molecule has 1 saturated heterocycles. The molecule has 2 aromatic heterocycles. The van der Waals surface area contributed by atoms with Crippen LogP contribution in [0.3, 0.4) is 0 Å². The van der Waals surface area contributed by atoms with Gasteiger partial charge in [-0.25, -0.2) is 14.1 Å². The van der Waals surface area contributed by atoms with Crippen molar-refractivity contribution in [2.75, 3.05) is 31.1 Å². The molecule has 8 nitrogen and oxygen atoms in total. The molecule has 40 heavy (non-hydrogen) atoms. The second kappa shape index (κ2) is 11.0. The zero-order chi connectivity index (χ0) is 28.0. The van der Waals surface area contributed by atoms with Crippen LogP contribution >= 0.6 is 35.2 Å². The molecule has 0 N–H and O–H groups in total. The summed E-state index contributed by atoms with van der Waals surface area (Å²) < 4.78 is 19.7. The first-order chi connectivity index (χ1) is 19.3. The molecule has 2 fully saturated rings. The van der Waals surface area contributed by atoms with Gasteiger partial charge in [-0.05, 0) is 61.8 Å². The first kappa shape index (κ1) is 26.9. The Labute approximate surface area is 243 Å². The fraction of sp³-hybridized carbons (Fsp3) is 0.321. The van der Waals surface area contributed by atoms with E-state index in [1.54, 1.807) is 23.2 Å². The third-order valence-corrected chi connectivity index (χ3v) is 8.72. The topological polar surface area (TPSA) is 75.7 Å². The van der Waals surface area contributed by atoms with Crippen LogP contribution < -0.4 is 10.3 Å². The molecule has 206 valence electrons. The predicted molar refractivity (Wildman–Crippen MR) is 160 cm³/mol. The number of anilines is 1. The number of hydrogen-bond acceptors (Lipinski definition) is 8. The maximum absolute atomic E-state index is 15.3. The number of Topliss-reactive ketones (excluding diaryl/α,β-unsaturated/α-hetero) is 1. The van der Waals surface area contributed by atoms with Crippen molar-refractivity contribution in [3.63, 3.8) is 0 Å². The second-order valence-electron chi connectivity index (χ2n) is 10.1. The maximum atomic E-state index is 15.3. The maximum Gasteiger partial charge on any atom is 0.230 e. The summed E-state index contributed by atoms with van der Waals surface area (Å²) in [7, 11) is 0. The van der Waals surface area contributed by atoms with Gasteiger partial charge >= 0.3 is 0 Å². The number of aliphatic imine (C=N–C) groups is 1. The van der Waals surface area contributed by atoms with E-state index in [-0.39, 0.29) is 22.8 Å². The van der Waals surface area contributed by atoms with E-state index >= 15 is 4.39 Å². The second-order valence-corrected chi connectivity index (χ2v) is 12.1. The lowest BCUT2D eigenvalue weighted by atomic mass is 10.1. The Morgan fingerprint density at radius 3 is 2.60 bits per heavy atom. The van der Waals surface area contributed by atoms with Crippen molar-refractivity contribution in [3.8, 4) is 0 Å². The summed E-state index contributed by atoms with van der Waals surface area (Å²) in [5.74, 6) is -0.756. The van der Waals surface area contributed by atoms with Crippen LogP contribution in [0.2, 0.25) is 5.02 Å². The van der Waals surface area contributed by atoms with E-state index in [0.717, 1.165) is 18.4 Å². The summed E-state index contributed by atoms with van der Waals surface area (Å²) in [6.07, 6.45) is 5.34. The van der Waals surface area contributed by atoms with Gasteiger partial charge in [0.25, 0.3) is 0 Å². The summed E-state index contributed by atoms with van der Waals surface area (Å²) in [5, 5.41) is 6.06. The molecular weight excluding hydrogens is 571 g/mol. The molecule has 1 saturated carbocycles. The lowest BCUT2D eigenvalue weighted by Crippen LogP contribution is -2.47. The summed E-state index contributed by atoms with van der Waals surface area (Å²) in [4.78, 5) is 33.7. The average Bonchev–Trinajstić information content (AvgIpc) is 3.72. The number of halogens is 2. The van der Waals surface area contributed by atoms with Gasteiger partial charge in [0.1, 0.15) is 5.82 Å². The molecule has 6 rings (SSSR count). The fourth-order valence-corrected chi connectivity index (χ4v) is 5.99. The fourth-order valence-electron chi connectivity index (χ4n) is 4.94. The van der Waals surface area contributed by atoms with Crippen LogP contribution in [-0.2, 0) is 6.67 Å². The van der Waals surface area contributed by atoms with E-state index < -0.39 is 11.2 Å². The van der Waals surface area contributed by atoms with Crippen molar-refractivity contribution < 1.29 is 9.18 Å². The number of nitrogens with zero attached hydrogens (tertiary/aromatic N) is 6. The number of ketones is 1. The highest BCUT2D eigenvalue weighted by molar-refractivity contribution is 7.73. The van der Waals surface area contributed by atoms with Gasteiger partial charge in [-0.1, -0.05) is 35.1 Å². The number of aromatic nitrogens is 3. The zero-order valence-electron chi connectivity index (χ0n) is 21.7. The van der Waals surface area contributed by atoms with Crippen LogP contribution in [0.15, 0.2) is 52.4 Å². The smallest absolute Gasteiger partial charge is 0.230 e. The van der Waals surface area contributed by atoms with Gasteiger partial charge in [-0.3, -0.25) is 14.5 Å². The number of fused-ring (bicyclic) bond motifs is 1. The van der Waals surface area contributed by atoms with E-state index in [1.807, 2.05) is 33.7 Å². The van der Waals surface area contributed by atoms with Gasteiger partial charge in [0, 0.05) is 55.0 Å². The van der Waals surface area contributed by atoms with Crippen molar-refractivity contribution in [1.82, 2.24) is 19.2 Å². The molecular formula is C28H26ClFN6O2S2. The van der Waals surface area contributed by atoms with Crippen molar-refractivity contribution in [2.45, 2.75) is 32.5 Å². The number of rotatable bonds is 7. The lowest BCUT2D eigenvalue weighted by Gasteiger charge is -2.36. The van der Waals surface area contributed by atoms with E-state index in [0.29, 0.717) is 58.2 Å². The molecule has 0 bridgehead atoms. The zero-order valence-corrected chi connectivity index (χ0v) is 24.1. The van der Waals surface area contributed by atoms with Crippen LogP contribution in [-0.4, -0.2) is 57.4 Å². The van der Waals surface area contributed by atoms with Crippen molar-refractivity contribution in [1.29, 1.82) is 0 Å². The van der Waals surface area contributed by atoms with Gasteiger partial charge in [-0.2, -0.15) is 0 Å². The molecule has 12 heteroatoms. The molecule has 0 atom stereocenters. The molecule has 2 aromatic carbocycles. The van der Waals surface area contributed by atoms with Gasteiger partial charge in [0.2, 0.25) is 5.13 Å². The van der Waals surface area contributed by atoms with E-state index in [2.05, 4.69) is 15.0 Å². The largest absolute Gasteiger partial charge is 0.367 e. The van der Waals surface area contributed by atoms with Crippen LogP contribution in [0, 0.1) is 9.77 Å². The number of piperazine rings is 1. The summed E-state index contributed by atoms with van der Waals surface area (Å²) in [5.41, 5.74) is 1.77. The van der Waals surface area contributed by atoms with Gasteiger partial charge in [0.05, 0.1) is 23.4 Å². The number of hydrogen-bond donors (Lipinski definition) is 0. The van der Waals surface area contributed by atoms with Crippen LogP contribution in [0.25, 0.3) is 10.9 Å². The van der Waals surface area contributed by atoms with E-state index in [9.17, 15) is 9.59 Å². The molecule has 0 radical (unpaired) electrons. The Morgan fingerprint density at radius 1 is 1.20 bits per heavy atom. The third-order valence-electron chi connectivity index (χ3n) is 7.26. The van der Waals surface area contributed by atoms with Crippen molar-refractivity contribution in [3.05, 3.63) is 78.7 Å². The van der Waals surface area contributed by atoms with Crippen molar-refractivity contribution in [2.24, 2.45) is 4.99 Å². The third kappa shape index (κ3) is 5.51. The normalized spacial score (nSPS) is 16.3. The summed E-state index contributed by atoms with van der Waals surface area (Å²) in [6, 6.07) is 10.7. The molecule has 0 amide bonds. The van der Waals surface area contributed by atoms with Gasteiger partial charge < -0.3 is 9.47 Å². The molecule has 1 aliphatic heterocycles. The molecule has 3 heterocycles. The summed E-state index contributed by atoms with van der Waals surface area (Å²) >= 11 is 12.8. The lowest BCUT2D eigenvalue weighted by molar-refractivity contribution is 0.101. The SMILES string of the molecule is CC(=O)c1cn(C2CC2)c2cc(N3CCN(Cn4nc(/N=C/c5ccc(Cl)cc5)sc4=S)CC3)c(F)cc2c1=O. The number of carbonyl (C=O) groups is 1. The molecule has 2 aliphatic rings. The average molecular weight is 597 g/mol. The Hall–Kier alpha value is -3.25. The molecule has 0 spiro atoms. The predicted octanol–water partition coefficient (Wildman–Crippen LogP) is 5.85. The first-order valence-electron chi connectivity index (χ1n) is 13.0. The Bertz CT molecular complexity index is 1750.